The molecule has 0 aliphatic carbocycles. The highest BCUT2D eigenvalue weighted by molar-refractivity contribution is 14.1. The van der Waals surface area contributed by atoms with E-state index in [0.717, 1.165) is 16.8 Å². The van der Waals surface area contributed by atoms with Crippen molar-refractivity contribution in [1.82, 2.24) is 0 Å². The van der Waals surface area contributed by atoms with Crippen LogP contribution in [0.25, 0.3) is 11.3 Å². The summed E-state index contributed by atoms with van der Waals surface area (Å²) in [6.07, 6.45) is 1.63. The maximum absolute atomic E-state index is 11.0. The highest BCUT2D eigenvalue weighted by atomic mass is 127. The second kappa shape index (κ2) is 7.59. The van der Waals surface area contributed by atoms with Gasteiger partial charge in [0.2, 0.25) is 0 Å². The maximum atomic E-state index is 11.0. The molecule has 0 spiro atoms. The zero-order chi connectivity index (χ0) is 18.8. The normalized spacial score (nSPS) is 11.2. The lowest BCUT2D eigenvalue weighted by Gasteiger charge is -2.04. The lowest BCUT2D eigenvalue weighted by atomic mass is 10.1. The maximum Gasteiger partial charge on any atom is 0.270 e. The van der Waals surface area contributed by atoms with E-state index in [-0.39, 0.29) is 5.69 Å². The van der Waals surface area contributed by atoms with Crippen molar-refractivity contribution in [1.29, 1.82) is 0 Å². The van der Waals surface area contributed by atoms with Crippen LogP contribution in [0.3, 0.4) is 0 Å². The third-order valence-corrected chi connectivity index (χ3v) is 5.35. The summed E-state index contributed by atoms with van der Waals surface area (Å²) in [5.74, 6) is 0.994. The van der Waals surface area contributed by atoms with Crippen molar-refractivity contribution in [2.45, 2.75) is 13.8 Å². The van der Waals surface area contributed by atoms with Gasteiger partial charge in [-0.25, -0.2) is 0 Å². The van der Waals surface area contributed by atoms with Crippen LogP contribution in [-0.2, 0) is 0 Å². The Morgan fingerprint density at radius 2 is 1.92 bits per heavy atom. The van der Waals surface area contributed by atoms with Gasteiger partial charge in [0.15, 0.2) is 0 Å². The van der Waals surface area contributed by atoms with Crippen LogP contribution < -0.4 is 0 Å². The molecule has 132 valence electrons. The largest absolute Gasteiger partial charge is 0.455 e. The molecule has 0 saturated carbocycles. The van der Waals surface area contributed by atoms with Gasteiger partial charge in [-0.05, 0) is 77.9 Å². The number of benzene rings is 2. The molecule has 2 aromatic carbocycles. The molecule has 0 saturated heterocycles. The van der Waals surface area contributed by atoms with Gasteiger partial charge in [-0.1, -0.05) is 11.6 Å². The van der Waals surface area contributed by atoms with Gasteiger partial charge in [-0.3, -0.25) is 15.1 Å². The first-order valence-electron chi connectivity index (χ1n) is 7.70. The Morgan fingerprint density at radius 1 is 1.15 bits per heavy atom. The fourth-order valence-corrected chi connectivity index (χ4v) is 3.25. The van der Waals surface area contributed by atoms with Crippen LogP contribution in [-0.4, -0.2) is 11.1 Å². The number of furan rings is 1. The molecule has 0 radical (unpaired) electrons. The SMILES string of the molecule is Cc1cc(N=Cc2ccc(-c3cc([N+](=O)[O-])ccc3Cl)o2)c(C)cc1I. The summed E-state index contributed by atoms with van der Waals surface area (Å²) in [6.45, 7) is 4.04. The van der Waals surface area contributed by atoms with Gasteiger partial charge >= 0.3 is 0 Å². The van der Waals surface area contributed by atoms with Gasteiger partial charge in [0.25, 0.3) is 5.69 Å². The molecular formula is C19H14ClIN2O3. The molecule has 0 fully saturated rings. The fourth-order valence-electron chi connectivity index (χ4n) is 2.42. The van der Waals surface area contributed by atoms with Gasteiger partial charge < -0.3 is 4.42 Å². The van der Waals surface area contributed by atoms with Gasteiger partial charge in [0, 0.05) is 21.3 Å². The van der Waals surface area contributed by atoms with Crippen LogP contribution in [0.2, 0.25) is 5.02 Å². The van der Waals surface area contributed by atoms with Crippen molar-refractivity contribution in [2.75, 3.05) is 0 Å². The first-order valence-corrected chi connectivity index (χ1v) is 9.16. The summed E-state index contributed by atoms with van der Waals surface area (Å²) in [5, 5.41) is 11.3. The van der Waals surface area contributed by atoms with E-state index in [1.165, 1.54) is 21.8 Å². The molecule has 0 unspecified atom stereocenters. The average Bonchev–Trinajstić information content (AvgIpc) is 3.06. The quantitative estimate of drug-likeness (QED) is 0.186. The number of rotatable bonds is 4. The van der Waals surface area contributed by atoms with E-state index in [4.69, 9.17) is 16.0 Å². The first kappa shape index (κ1) is 18.6. The van der Waals surface area contributed by atoms with Gasteiger partial charge in [0.1, 0.15) is 11.5 Å². The zero-order valence-corrected chi connectivity index (χ0v) is 16.9. The average molecular weight is 481 g/mol. The predicted octanol–water partition coefficient (Wildman–Crippen LogP) is 6.48. The van der Waals surface area contributed by atoms with E-state index in [1.54, 1.807) is 18.3 Å². The summed E-state index contributed by atoms with van der Waals surface area (Å²) < 4.78 is 6.94. The van der Waals surface area contributed by atoms with Crippen LogP contribution in [0.4, 0.5) is 11.4 Å². The van der Waals surface area contributed by atoms with Crippen molar-refractivity contribution in [2.24, 2.45) is 4.99 Å². The standard InChI is InChI=1S/C19H14ClIN2O3/c1-11-8-18(12(2)7-17(11)21)22-10-14-4-6-19(26-14)15-9-13(23(24)25)3-5-16(15)20/h3-10H,1-2H3. The minimum absolute atomic E-state index is 0.0407. The van der Waals surface area contributed by atoms with E-state index in [0.29, 0.717) is 22.1 Å². The molecule has 0 atom stereocenters. The highest BCUT2D eigenvalue weighted by Gasteiger charge is 2.14. The molecule has 1 aromatic heterocycles. The molecule has 26 heavy (non-hydrogen) atoms. The van der Waals surface area contributed by atoms with Gasteiger partial charge in [-0.2, -0.15) is 0 Å². The van der Waals surface area contributed by atoms with E-state index in [2.05, 4.69) is 33.6 Å². The number of halogens is 2. The Kier molecular flexibility index (Phi) is 5.43. The van der Waals surface area contributed by atoms with E-state index < -0.39 is 4.92 Å². The van der Waals surface area contributed by atoms with Gasteiger partial charge in [0.05, 0.1) is 21.8 Å². The topological polar surface area (TPSA) is 68.6 Å². The summed E-state index contributed by atoms with van der Waals surface area (Å²) in [4.78, 5) is 15.0. The monoisotopic (exact) mass is 480 g/mol. The minimum atomic E-state index is -0.465. The Balaban J connectivity index is 1.90. The van der Waals surface area contributed by atoms with Crippen LogP contribution in [0.15, 0.2) is 51.9 Å². The number of hydrogen-bond acceptors (Lipinski definition) is 4. The second-order valence-corrected chi connectivity index (χ2v) is 7.34. The van der Waals surface area contributed by atoms with E-state index >= 15 is 0 Å². The molecular weight excluding hydrogens is 467 g/mol. The molecule has 0 bridgehead atoms. The molecule has 7 heteroatoms. The van der Waals surface area contributed by atoms with Crippen LogP contribution >= 0.6 is 34.2 Å². The smallest absolute Gasteiger partial charge is 0.270 e. The van der Waals surface area contributed by atoms with Crippen molar-refractivity contribution >= 4 is 51.8 Å². The van der Waals surface area contributed by atoms with E-state index in [9.17, 15) is 10.1 Å². The molecule has 0 N–H and O–H groups in total. The van der Waals surface area contributed by atoms with Crippen molar-refractivity contribution in [3.8, 4) is 11.3 Å². The molecule has 0 amide bonds. The zero-order valence-electron chi connectivity index (χ0n) is 14.0. The van der Waals surface area contributed by atoms with Crippen molar-refractivity contribution < 1.29 is 9.34 Å². The molecule has 3 rings (SSSR count). The fraction of sp³-hybridized carbons (Fsp3) is 0.105. The molecule has 3 aromatic rings. The van der Waals surface area contributed by atoms with Crippen molar-refractivity contribution in [3.63, 3.8) is 0 Å². The number of nitrogens with zero attached hydrogens (tertiary/aromatic N) is 2. The second-order valence-electron chi connectivity index (χ2n) is 5.77. The number of aryl methyl sites for hydroxylation is 2. The van der Waals surface area contributed by atoms with E-state index in [1.807, 2.05) is 19.9 Å². The van der Waals surface area contributed by atoms with Crippen LogP contribution in [0, 0.1) is 27.5 Å². The lowest BCUT2D eigenvalue weighted by molar-refractivity contribution is -0.384. The summed E-state index contributed by atoms with van der Waals surface area (Å²) >= 11 is 8.45. The van der Waals surface area contributed by atoms with Gasteiger partial charge in [-0.15, -0.1) is 0 Å². The predicted molar refractivity (Wildman–Crippen MR) is 112 cm³/mol. The number of aliphatic imine (C=N–C) groups is 1. The third-order valence-electron chi connectivity index (χ3n) is 3.86. The third kappa shape index (κ3) is 3.96. The molecule has 1 heterocycles. The summed E-state index contributed by atoms with van der Waals surface area (Å²) in [5.41, 5.74) is 3.54. The number of non-ortho nitro benzene ring substituents is 1. The highest BCUT2D eigenvalue weighted by Crippen LogP contribution is 2.32. The number of nitro benzene ring substituents is 1. The summed E-state index contributed by atoms with van der Waals surface area (Å²) in [6, 6.07) is 11.8. The molecule has 5 nitrogen and oxygen atoms in total. The van der Waals surface area contributed by atoms with Crippen LogP contribution in [0.1, 0.15) is 16.9 Å². The minimum Gasteiger partial charge on any atom is -0.455 e. The van der Waals surface area contributed by atoms with Crippen LogP contribution in [0.5, 0.6) is 0 Å². The number of hydrogen-bond donors (Lipinski definition) is 0. The Labute approximate surface area is 169 Å². The first-order chi connectivity index (χ1) is 12.3. The van der Waals surface area contributed by atoms with Crippen molar-refractivity contribution in [3.05, 3.63) is 78.1 Å². The summed E-state index contributed by atoms with van der Waals surface area (Å²) in [7, 11) is 0. The number of nitro groups is 1. The lowest BCUT2D eigenvalue weighted by Crippen LogP contribution is -1.88. The molecule has 0 aliphatic rings. The Hall–Kier alpha value is -2.19. The Morgan fingerprint density at radius 3 is 2.65 bits per heavy atom. The Bertz CT molecular complexity index is 1030. The molecule has 0 aliphatic heterocycles.